The first-order valence-corrected chi connectivity index (χ1v) is 6.63. The third-order valence-electron chi connectivity index (χ3n) is 2.92. The molecule has 0 aliphatic heterocycles. The van der Waals surface area contributed by atoms with E-state index in [0.717, 1.165) is 16.7 Å². The summed E-state index contributed by atoms with van der Waals surface area (Å²) in [4.78, 5) is 23.2. The summed E-state index contributed by atoms with van der Waals surface area (Å²) in [6, 6.07) is 4.66. The molecule has 20 heavy (non-hydrogen) atoms. The highest BCUT2D eigenvalue weighted by molar-refractivity contribution is 9.10. The summed E-state index contributed by atoms with van der Waals surface area (Å²) in [5.41, 5.74) is -0.828. The van der Waals surface area contributed by atoms with Crippen LogP contribution in [0.4, 0.5) is 8.78 Å². The SMILES string of the molecule is CCn1c(-c2c(F)cccc2F)c(C=O)cc(Br)c1=O. The van der Waals surface area contributed by atoms with Gasteiger partial charge >= 0.3 is 0 Å². The minimum atomic E-state index is -0.822. The molecule has 0 aliphatic carbocycles. The first-order chi connectivity index (χ1) is 9.51. The van der Waals surface area contributed by atoms with Crippen molar-refractivity contribution < 1.29 is 13.6 Å². The van der Waals surface area contributed by atoms with Crippen LogP contribution in [0, 0.1) is 11.6 Å². The molecule has 0 saturated heterocycles. The van der Waals surface area contributed by atoms with Crippen LogP contribution in [0.2, 0.25) is 0 Å². The number of hydrogen-bond donors (Lipinski definition) is 0. The van der Waals surface area contributed by atoms with Gasteiger partial charge in [-0.3, -0.25) is 9.59 Å². The second-order valence-electron chi connectivity index (χ2n) is 4.06. The summed E-state index contributed by atoms with van der Waals surface area (Å²) < 4.78 is 29.2. The van der Waals surface area contributed by atoms with Crippen LogP contribution in [-0.2, 0) is 6.54 Å². The molecule has 1 heterocycles. The first-order valence-electron chi connectivity index (χ1n) is 5.84. The second-order valence-corrected chi connectivity index (χ2v) is 4.91. The van der Waals surface area contributed by atoms with Crippen molar-refractivity contribution in [1.82, 2.24) is 4.57 Å². The van der Waals surface area contributed by atoms with Crippen LogP contribution in [0.5, 0.6) is 0 Å². The van der Waals surface area contributed by atoms with Crippen molar-refractivity contribution in [2.45, 2.75) is 13.5 Å². The van der Waals surface area contributed by atoms with Crippen molar-refractivity contribution >= 4 is 22.2 Å². The Morgan fingerprint density at radius 1 is 1.30 bits per heavy atom. The summed E-state index contributed by atoms with van der Waals surface area (Å²) in [6.07, 6.45) is 0.470. The summed E-state index contributed by atoms with van der Waals surface area (Å²) >= 11 is 3.04. The number of carbonyl (C=O) groups excluding carboxylic acids is 1. The van der Waals surface area contributed by atoms with E-state index in [-0.39, 0.29) is 27.8 Å². The molecule has 0 atom stereocenters. The zero-order valence-electron chi connectivity index (χ0n) is 10.5. The van der Waals surface area contributed by atoms with Crippen LogP contribution in [-0.4, -0.2) is 10.9 Å². The zero-order valence-corrected chi connectivity index (χ0v) is 12.1. The van der Waals surface area contributed by atoms with E-state index in [1.54, 1.807) is 6.92 Å². The normalized spacial score (nSPS) is 10.6. The Balaban J connectivity index is 2.96. The lowest BCUT2D eigenvalue weighted by Gasteiger charge is -2.15. The lowest BCUT2D eigenvalue weighted by atomic mass is 10.0. The van der Waals surface area contributed by atoms with Crippen LogP contribution in [0.25, 0.3) is 11.3 Å². The van der Waals surface area contributed by atoms with Gasteiger partial charge in [0, 0.05) is 12.1 Å². The number of aromatic nitrogens is 1. The molecular formula is C14H10BrF2NO2. The molecule has 2 rings (SSSR count). The molecule has 0 amide bonds. The van der Waals surface area contributed by atoms with Crippen molar-refractivity contribution in [2.24, 2.45) is 0 Å². The largest absolute Gasteiger partial charge is 0.307 e. The van der Waals surface area contributed by atoms with Crippen LogP contribution in [0.3, 0.4) is 0 Å². The van der Waals surface area contributed by atoms with Gasteiger partial charge in [0.25, 0.3) is 5.56 Å². The topological polar surface area (TPSA) is 39.1 Å². The minimum absolute atomic E-state index is 0.0438. The number of benzene rings is 1. The van der Waals surface area contributed by atoms with E-state index in [0.29, 0.717) is 6.29 Å². The van der Waals surface area contributed by atoms with Gasteiger partial charge < -0.3 is 4.57 Å². The van der Waals surface area contributed by atoms with Crippen molar-refractivity contribution in [2.75, 3.05) is 0 Å². The van der Waals surface area contributed by atoms with E-state index in [2.05, 4.69) is 15.9 Å². The Labute approximate surface area is 122 Å². The van der Waals surface area contributed by atoms with Gasteiger partial charge in [0.1, 0.15) is 11.6 Å². The van der Waals surface area contributed by atoms with Crippen molar-refractivity contribution in [3.05, 3.63) is 56.3 Å². The van der Waals surface area contributed by atoms with Gasteiger partial charge in [-0.25, -0.2) is 8.78 Å². The summed E-state index contributed by atoms with van der Waals surface area (Å²) in [7, 11) is 0. The highest BCUT2D eigenvalue weighted by Gasteiger charge is 2.20. The molecule has 3 nitrogen and oxygen atoms in total. The molecule has 1 aromatic heterocycles. The van der Waals surface area contributed by atoms with Crippen LogP contribution in [0.15, 0.2) is 33.5 Å². The quantitative estimate of drug-likeness (QED) is 0.802. The van der Waals surface area contributed by atoms with Gasteiger partial charge in [-0.1, -0.05) is 6.07 Å². The number of nitrogens with zero attached hydrogens (tertiary/aromatic N) is 1. The third kappa shape index (κ3) is 2.31. The lowest BCUT2D eigenvalue weighted by molar-refractivity contribution is 0.112. The van der Waals surface area contributed by atoms with Gasteiger partial charge in [-0.05, 0) is 41.1 Å². The van der Waals surface area contributed by atoms with Crippen molar-refractivity contribution in [1.29, 1.82) is 0 Å². The Morgan fingerprint density at radius 3 is 2.40 bits per heavy atom. The Bertz CT molecular complexity index is 720. The van der Waals surface area contributed by atoms with Gasteiger partial charge in [-0.2, -0.15) is 0 Å². The third-order valence-corrected chi connectivity index (χ3v) is 3.49. The Kier molecular flexibility index (Phi) is 4.13. The van der Waals surface area contributed by atoms with E-state index in [4.69, 9.17) is 0 Å². The molecule has 1 aromatic carbocycles. The van der Waals surface area contributed by atoms with E-state index in [1.807, 2.05) is 0 Å². The fourth-order valence-electron chi connectivity index (χ4n) is 2.05. The molecule has 0 saturated carbocycles. The molecule has 0 N–H and O–H groups in total. The molecule has 0 bridgehead atoms. The predicted octanol–water partition coefficient (Wildman–Crippen LogP) is 3.39. The number of aldehydes is 1. The number of rotatable bonds is 3. The summed E-state index contributed by atoms with van der Waals surface area (Å²) in [5, 5.41) is 0. The molecular weight excluding hydrogens is 332 g/mol. The fourth-order valence-corrected chi connectivity index (χ4v) is 2.51. The number of pyridine rings is 1. The van der Waals surface area contributed by atoms with Crippen molar-refractivity contribution in [3.63, 3.8) is 0 Å². The number of halogens is 3. The fraction of sp³-hybridized carbons (Fsp3) is 0.143. The summed E-state index contributed by atoms with van der Waals surface area (Å²) in [6.45, 7) is 1.84. The maximum atomic E-state index is 13.9. The van der Waals surface area contributed by atoms with E-state index >= 15 is 0 Å². The standard InChI is InChI=1S/C14H10BrF2NO2/c1-2-18-13(8(7-19)6-9(15)14(18)20)12-10(16)4-3-5-11(12)17/h3-7H,2H2,1H3. The monoisotopic (exact) mass is 341 g/mol. The first kappa shape index (κ1) is 14.6. The highest BCUT2D eigenvalue weighted by Crippen LogP contribution is 2.28. The predicted molar refractivity (Wildman–Crippen MR) is 74.8 cm³/mol. The highest BCUT2D eigenvalue weighted by atomic mass is 79.9. The molecule has 104 valence electrons. The maximum absolute atomic E-state index is 13.9. The van der Waals surface area contributed by atoms with E-state index in [9.17, 15) is 18.4 Å². The molecule has 0 radical (unpaired) electrons. The molecule has 0 unspecified atom stereocenters. The number of hydrogen-bond acceptors (Lipinski definition) is 2. The Morgan fingerprint density at radius 2 is 1.90 bits per heavy atom. The minimum Gasteiger partial charge on any atom is -0.307 e. The summed E-state index contributed by atoms with van der Waals surface area (Å²) in [5.74, 6) is -1.64. The zero-order chi connectivity index (χ0) is 14.9. The Hall–Kier alpha value is -1.82. The van der Waals surface area contributed by atoms with Gasteiger partial charge in [0.2, 0.25) is 0 Å². The van der Waals surface area contributed by atoms with E-state index in [1.165, 1.54) is 12.1 Å². The smallest absolute Gasteiger partial charge is 0.265 e. The van der Waals surface area contributed by atoms with E-state index < -0.39 is 17.2 Å². The van der Waals surface area contributed by atoms with Crippen LogP contribution >= 0.6 is 15.9 Å². The second kappa shape index (κ2) is 5.66. The maximum Gasteiger partial charge on any atom is 0.265 e. The molecule has 0 spiro atoms. The van der Waals surface area contributed by atoms with Gasteiger partial charge in [0.15, 0.2) is 6.29 Å². The van der Waals surface area contributed by atoms with Gasteiger partial charge in [-0.15, -0.1) is 0 Å². The van der Waals surface area contributed by atoms with Gasteiger partial charge in [0.05, 0.1) is 15.7 Å². The average Bonchev–Trinajstić information content (AvgIpc) is 2.42. The van der Waals surface area contributed by atoms with Crippen molar-refractivity contribution in [3.8, 4) is 11.3 Å². The molecule has 0 aliphatic rings. The molecule has 6 heteroatoms. The number of carbonyl (C=O) groups is 1. The lowest BCUT2D eigenvalue weighted by Crippen LogP contribution is -2.23. The van der Waals surface area contributed by atoms with Crippen LogP contribution < -0.4 is 5.56 Å². The van der Waals surface area contributed by atoms with Crippen LogP contribution in [0.1, 0.15) is 17.3 Å². The average molecular weight is 342 g/mol. The molecule has 2 aromatic rings. The molecule has 0 fully saturated rings.